The summed E-state index contributed by atoms with van der Waals surface area (Å²) in [7, 11) is 0. The molecule has 2 aromatic carbocycles. The van der Waals surface area contributed by atoms with Crippen LogP contribution in [0, 0.1) is 18.3 Å². The van der Waals surface area contributed by atoms with Crippen molar-refractivity contribution in [3.63, 3.8) is 0 Å². The standard InChI is InChI=1S/C29H30N6O3/c1-19-5-10-23(38-14-4-12-29(2,3)37)17-24(19)22-11-13-31-25(16-22)33-28(36)27-32-26(34-35-27)15-20-6-8-21(18-30)9-7-20/h5-11,13,16-17,37H,4,12,14-15H2,1-3H3,(H,31,33,36)(H,32,34,35). The molecule has 0 saturated heterocycles. The molecule has 0 aliphatic heterocycles. The minimum Gasteiger partial charge on any atom is -0.494 e. The summed E-state index contributed by atoms with van der Waals surface area (Å²) in [6.45, 7) is 6.09. The summed E-state index contributed by atoms with van der Waals surface area (Å²) in [5, 5.41) is 29.6. The quantitative estimate of drug-likeness (QED) is 0.260. The first-order chi connectivity index (χ1) is 18.2. The van der Waals surface area contributed by atoms with Crippen molar-refractivity contribution in [1.82, 2.24) is 20.2 Å². The van der Waals surface area contributed by atoms with Gasteiger partial charge in [0.25, 0.3) is 5.91 Å². The third kappa shape index (κ3) is 7.24. The fourth-order valence-corrected chi connectivity index (χ4v) is 3.91. The topological polar surface area (TPSA) is 137 Å². The van der Waals surface area contributed by atoms with Crippen LogP contribution in [0.15, 0.2) is 60.8 Å². The number of anilines is 1. The molecule has 0 spiro atoms. The number of amides is 1. The number of aromatic amines is 1. The summed E-state index contributed by atoms with van der Waals surface area (Å²) in [6, 6.07) is 18.8. The van der Waals surface area contributed by atoms with Crippen molar-refractivity contribution < 1.29 is 14.6 Å². The Bertz CT molecular complexity index is 1450. The second-order valence-electron chi connectivity index (χ2n) is 9.73. The fourth-order valence-electron chi connectivity index (χ4n) is 3.91. The van der Waals surface area contributed by atoms with Crippen LogP contribution in [-0.4, -0.2) is 43.4 Å². The van der Waals surface area contributed by atoms with Crippen molar-refractivity contribution in [2.24, 2.45) is 0 Å². The van der Waals surface area contributed by atoms with Crippen molar-refractivity contribution in [2.45, 2.75) is 45.6 Å². The second kappa shape index (κ2) is 11.7. The van der Waals surface area contributed by atoms with Gasteiger partial charge in [0.05, 0.1) is 23.8 Å². The Morgan fingerprint density at radius 1 is 1.13 bits per heavy atom. The summed E-state index contributed by atoms with van der Waals surface area (Å²) >= 11 is 0. The van der Waals surface area contributed by atoms with E-state index in [4.69, 9.17) is 10.00 Å². The molecule has 1 amide bonds. The van der Waals surface area contributed by atoms with E-state index in [9.17, 15) is 9.90 Å². The van der Waals surface area contributed by atoms with Crippen molar-refractivity contribution in [3.05, 3.63) is 89.1 Å². The Morgan fingerprint density at radius 2 is 1.92 bits per heavy atom. The largest absolute Gasteiger partial charge is 0.494 e. The number of rotatable bonds is 10. The lowest BCUT2D eigenvalue weighted by atomic mass is 10.0. The third-order valence-electron chi connectivity index (χ3n) is 5.93. The van der Waals surface area contributed by atoms with Crippen molar-refractivity contribution >= 4 is 11.7 Å². The number of nitriles is 1. The molecule has 0 aliphatic rings. The number of nitrogens with one attached hydrogen (secondary N) is 2. The second-order valence-corrected chi connectivity index (χ2v) is 9.73. The van der Waals surface area contributed by atoms with E-state index >= 15 is 0 Å². The molecule has 0 bridgehead atoms. The first-order valence-electron chi connectivity index (χ1n) is 12.3. The normalized spacial score (nSPS) is 11.1. The number of hydrogen-bond acceptors (Lipinski definition) is 7. The van der Waals surface area contributed by atoms with E-state index in [1.54, 1.807) is 38.2 Å². The Balaban J connectivity index is 1.41. The molecule has 2 aromatic heterocycles. The van der Waals surface area contributed by atoms with Gasteiger partial charge < -0.3 is 20.1 Å². The number of benzene rings is 2. The highest BCUT2D eigenvalue weighted by molar-refractivity contribution is 6.01. The van der Waals surface area contributed by atoms with Gasteiger partial charge in [0.1, 0.15) is 17.4 Å². The van der Waals surface area contributed by atoms with Crippen LogP contribution in [0.1, 0.15) is 59.8 Å². The Labute approximate surface area is 221 Å². The molecule has 194 valence electrons. The van der Waals surface area contributed by atoms with Gasteiger partial charge in [0, 0.05) is 12.6 Å². The molecule has 3 N–H and O–H groups in total. The summed E-state index contributed by atoms with van der Waals surface area (Å²) in [5.41, 5.74) is 3.72. The molecule has 4 aromatic rings. The maximum absolute atomic E-state index is 12.8. The number of aliphatic hydroxyl groups is 1. The molecule has 0 atom stereocenters. The van der Waals surface area contributed by atoms with Gasteiger partial charge in [-0.3, -0.25) is 4.79 Å². The zero-order valence-electron chi connectivity index (χ0n) is 21.7. The van der Waals surface area contributed by atoms with Gasteiger partial charge >= 0.3 is 0 Å². The number of ether oxygens (including phenoxy) is 1. The van der Waals surface area contributed by atoms with Crippen molar-refractivity contribution in [2.75, 3.05) is 11.9 Å². The first-order valence-corrected chi connectivity index (χ1v) is 12.3. The van der Waals surface area contributed by atoms with E-state index in [2.05, 4.69) is 31.6 Å². The summed E-state index contributed by atoms with van der Waals surface area (Å²) < 4.78 is 5.90. The van der Waals surface area contributed by atoms with Crippen LogP contribution in [0.5, 0.6) is 5.75 Å². The lowest BCUT2D eigenvalue weighted by Gasteiger charge is -2.17. The lowest BCUT2D eigenvalue weighted by molar-refractivity contribution is 0.0641. The monoisotopic (exact) mass is 510 g/mol. The molecule has 0 radical (unpaired) electrons. The van der Waals surface area contributed by atoms with E-state index < -0.39 is 11.5 Å². The van der Waals surface area contributed by atoms with E-state index in [0.29, 0.717) is 36.7 Å². The number of aryl methyl sites for hydroxylation is 1. The predicted octanol–water partition coefficient (Wildman–Crippen LogP) is 4.82. The van der Waals surface area contributed by atoms with Gasteiger partial charge in [-0.25, -0.2) is 4.98 Å². The number of nitrogens with zero attached hydrogens (tertiary/aromatic N) is 4. The van der Waals surface area contributed by atoms with E-state index in [1.165, 1.54) is 0 Å². The van der Waals surface area contributed by atoms with Gasteiger partial charge in [0.15, 0.2) is 0 Å². The van der Waals surface area contributed by atoms with E-state index in [1.807, 2.05) is 43.3 Å². The van der Waals surface area contributed by atoms with Crippen LogP contribution >= 0.6 is 0 Å². The number of aromatic nitrogens is 4. The molecule has 38 heavy (non-hydrogen) atoms. The predicted molar refractivity (Wildman–Crippen MR) is 144 cm³/mol. The zero-order valence-corrected chi connectivity index (χ0v) is 21.7. The van der Waals surface area contributed by atoms with Crippen LogP contribution in [0.2, 0.25) is 0 Å². The molecule has 0 unspecified atom stereocenters. The van der Waals surface area contributed by atoms with Crippen LogP contribution in [0.4, 0.5) is 5.82 Å². The van der Waals surface area contributed by atoms with Crippen LogP contribution in [0.25, 0.3) is 11.1 Å². The number of pyridine rings is 1. The van der Waals surface area contributed by atoms with Crippen LogP contribution in [0.3, 0.4) is 0 Å². The Hall–Kier alpha value is -4.55. The molecule has 9 nitrogen and oxygen atoms in total. The maximum Gasteiger partial charge on any atom is 0.294 e. The van der Waals surface area contributed by atoms with Crippen LogP contribution in [-0.2, 0) is 6.42 Å². The first kappa shape index (κ1) is 26.5. The van der Waals surface area contributed by atoms with Crippen molar-refractivity contribution in [1.29, 1.82) is 5.26 Å². The van der Waals surface area contributed by atoms with E-state index in [-0.39, 0.29) is 5.82 Å². The summed E-state index contributed by atoms with van der Waals surface area (Å²) in [6.07, 6.45) is 3.49. The molecule has 0 fully saturated rings. The van der Waals surface area contributed by atoms with Crippen molar-refractivity contribution in [3.8, 4) is 22.9 Å². The summed E-state index contributed by atoms with van der Waals surface area (Å²) in [4.78, 5) is 20.0. The highest BCUT2D eigenvalue weighted by Crippen LogP contribution is 2.29. The third-order valence-corrected chi connectivity index (χ3v) is 5.93. The number of carbonyl (C=O) groups is 1. The Morgan fingerprint density at radius 3 is 2.66 bits per heavy atom. The highest BCUT2D eigenvalue weighted by atomic mass is 16.5. The smallest absolute Gasteiger partial charge is 0.294 e. The molecule has 4 rings (SSSR count). The molecule has 2 heterocycles. The highest BCUT2D eigenvalue weighted by Gasteiger charge is 2.15. The van der Waals surface area contributed by atoms with Gasteiger partial charge in [-0.2, -0.15) is 5.26 Å². The Kier molecular flexibility index (Phi) is 8.14. The van der Waals surface area contributed by atoms with Gasteiger partial charge in [-0.15, -0.1) is 10.2 Å². The van der Waals surface area contributed by atoms with Gasteiger partial charge in [-0.05, 0) is 92.3 Å². The molecular weight excluding hydrogens is 480 g/mol. The average molecular weight is 511 g/mol. The minimum atomic E-state index is -0.710. The number of hydrogen-bond donors (Lipinski definition) is 3. The maximum atomic E-state index is 12.8. The molecule has 0 saturated carbocycles. The van der Waals surface area contributed by atoms with Crippen LogP contribution < -0.4 is 10.1 Å². The summed E-state index contributed by atoms with van der Waals surface area (Å²) in [5.74, 6) is 1.29. The SMILES string of the molecule is Cc1ccc(OCCCC(C)(C)O)cc1-c1ccnc(NC(=O)c2nnc(Cc3ccc(C#N)cc3)[nH]2)c1. The molecular formula is C29H30N6O3. The molecule has 0 aliphatic carbocycles. The van der Waals surface area contributed by atoms with E-state index in [0.717, 1.165) is 34.4 Å². The van der Waals surface area contributed by atoms with Gasteiger partial charge in [-0.1, -0.05) is 18.2 Å². The average Bonchev–Trinajstić information content (AvgIpc) is 3.36. The van der Waals surface area contributed by atoms with Gasteiger partial charge in [0.2, 0.25) is 5.82 Å². The fraction of sp³-hybridized carbons (Fsp3) is 0.276. The minimum absolute atomic E-state index is 0.0819. The number of carbonyl (C=O) groups excluding carboxylic acids is 1. The zero-order chi connectivity index (χ0) is 27.1. The number of H-pyrrole nitrogens is 1. The lowest BCUT2D eigenvalue weighted by Crippen LogP contribution is -2.19. The molecule has 9 heteroatoms.